The fraction of sp³-hybridized carbons (Fsp3) is 0.300. The normalized spacial score (nSPS) is 18.2. The molecule has 1 saturated heterocycles. The second kappa shape index (κ2) is 6.61. The minimum atomic E-state index is 0.395. The molecular weight excluding hydrogens is 254 g/mol. The lowest BCUT2D eigenvalue weighted by Crippen LogP contribution is -2.27. The number of aryl methyl sites for hydroxylation is 1. The second-order valence-corrected chi connectivity index (χ2v) is 5.75. The zero-order chi connectivity index (χ0) is 14.5. The van der Waals surface area contributed by atoms with E-state index in [1.54, 1.807) is 0 Å². The molecule has 2 aromatic carbocycles. The summed E-state index contributed by atoms with van der Waals surface area (Å²) >= 11 is 0. The summed E-state index contributed by atoms with van der Waals surface area (Å²) in [6.45, 7) is 4.27. The van der Waals surface area contributed by atoms with Gasteiger partial charge in [-0.25, -0.2) is 0 Å². The molecule has 0 saturated carbocycles. The third-order valence-corrected chi connectivity index (χ3v) is 4.03. The number of likely N-dealkylation sites (tertiary alicyclic amines) is 1. The third kappa shape index (κ3) is 3.74. The van der Waals surface area contributed by atoms with Crippen molar-refractivity contribution in [2.45, 2.75) is 32.4 Å². The molecule has 1 nitrogen and oxygen atoms in total. The first kappa shape index (κ1) is 13.9. The topological polar surface area (TPSA) is 3.24 Å². The highest BCUT2D eigenvalue weighted by molar-refractivity contribution is 5.37. The maximum atomic E-state index is 3.46. The van der Waals surface area contributed by atoms with Crippen LogP contribution in [0.25, 0.3) is 0 Å². The van der Waals surface area contributed by atoms with Gasteiger partial charge in [-0.1, -0.05) is 59.9 Å². The molecule has 0 N–H and O–H groups in total. The van der Waals surface area contributed by atoms with Crippen LogP contribution in [0.2, 0.25) is 0 Å². The average molecular weight is 275 g/mol. The molecule has 1 unspecified atom stereocenters. The largest absolute Gasteiger partial charge is 0.285 e. The molecule has 0 spiro atoms. The molecule has 106 valence electrons. The number of benzene rings is 2. The van der Waals surface area contributed by atoms with E-state index in [1.165, 1.54) is 24.0 Å². The predicted octanol–water partition coefficient (Wildman–Crippen LogP) is 4.01. The fourth-order valence-electron chi connectivity index (χ4n) is 2.80. The van der Waals surface area contributed by atoms with E-state index in [-0.39, 0.29) is 0 Å². The Hall–Kier alpha value is -2.04. The maximum absolute atomic E-state index is 3.46. The van der Waals surface area contributed by atoms with E-state index in [4.69, 9.17) is 0 Å². The SMILES string of the molecule is Cc1ccc(C#CC2CCCN2Cc2ccccc2)cc1. The molecule has 0 aliphatic carbocycles. The van der Waals surface area contributed by atoms with Crippen LogP contribution in [0.3, 0.4) is 0 Å². The van der Waals surface area contributed by atoms with E-state index in [2.05, 4.69) is 78.3 Å². The highest BCUT2D eigenvalue weighted by atomic mass is 15.2. The smallest absolute Gasteiger partial charge is 0.0721 e. The number of nitrogens with zero attached hydrogens (tertiary/aromatic N) is 1. The Labute approximate surface area is 127 Å². The molecule has 1 aliphatic rings. The summed E-state index contributed by atoms with van der Waals surface area (Å²) in [6, 6.07) is 19.6. The molecule has 3 rings (SSSR count). The minimum absolute atomic E-state index is 0.395. The first-order valence-electron chi connectivity index (χ1n) is 7.67. The van der Waals surface area contributed by atoms with Crippen LogP contribution in [0.4, 0.5) is 0 Å². The summed E-state index contributed by atoms with van der Waals surface area (Å²) in [5, 5.41) is 0. The van der Waals surface area contributed by atoms with E-state index in [1.807, 2.05) is 0 Å². The highest BCUT2D eigenvalue weighted by Crippen LogP contribution is 2.19. The van der Waals surface area contributed by atoms with E-state index in [0.717, 1.165) is 18.7 Å². The molecule has 21 heavy (non-hydrogen) atoms. The van der Waals surface area contributed by atoms with E-state index >= 15 is 0 Å². The lowest BCUT2D eigenvalue weighted by molar-refractivity contribution is 0.288. The molecule has 0 radical (unpaired) electrons. The van der Waals surface area contributed by atoms with Gasteiger partial charge in [-0.2, -0.15) is 0 Å². The van der Waals surface area contributed by atoms with Crippen molar-refractivity contribution in [3.63, 3.8) is 0 Å². The molecule has 0 aromatic heterocycles. The van der Waals surface area contributed by atoms with Crippen molar-refractivity contribution in [2.24, 2.45) is 0 Å². The Bertz CT molecular complexity index is 631. The first-order chi connectivity index (χ1) is 10.3. The monoisotopic (exact) mass is 275 g/mol. The maximum Gasteiger partial charge on any atom is 0.0721 e. The Morgan fingerprint density at radius 1 is 1.05 bits per heavy atom. The quantitative estimate of drug-likeness (QED) is 0.749. The van der Waals surface area contributed by atoms with Crippen LogP contribution >= 0.6 is 0 Å². The van der Waals surface area contributed by atoms with Gasteiger partial charge in [-0.3, -0.25) is 4.90 Å². The second-order valence-electron chi connectivity index (χ2n) is 5.75. The lowest BCUT2D eigenvalue weighted by Gasteiger charge is -2.20. The molecule has 0 amide bonds. The van der Waals surface area contributed by atoms with E-state index in [9.17, 15) is 0 Å². The van der Waals surface area contributed by atoms with Gasteiger partial charge < -0.3 is 0 Å². The molecule has 0 bridgehead atoms. The number of hydrogen-bond donors (Lipinski definition) is 0. The van der Waals surface area contributed by atoms with E-state index < -0.39 is 0 Å². The summed E-state index contributed by atoms with van der Waals surface area (Å²) in [6.07, 6.45) is 2.44. The van der Waals surface area contributed by atoms with Crippen LogP contribution in [0.5, 0.6) is 0 Å². The van der Waals surface area contributed by atoms with Crippen molar-refractivity contribution in [1.82, 2.24) is 4.90 Å². The summed E-state index contributed by atoms with van der Waals surface area (Å²) in [5.41, 5.74) is 3.78. The number of hydrogen-bond acceptors (Lipinski definition) is 1. The van der Waals surface area contributed by atoms with Gasteiger partial charge in [-0.05, 0) is 44.0 Å². The zero-order valence-electron chi connectivity index (χ0n) is 12.5. The molecule has 1 heterocycles. The zero-order valence-corrected chi connectivity index (χ0v) is 12.5. The van der Waals surface area contributed by atoms with Gasteiger partial charge in [0.1, 0.15) is 0 Å². The van der Waals surface area contributed by atoms with Crippen LogP contribution < -0.4 is 0 Å². The van der Waals surface area contributed by atoms with Crippen molar-refractivity contribution in [3.8, 4) is 11.8 Å². The molecule has 1 atom stereocenters. The van der Waals surface area contributed by atoms with Gasteiger partial charge in [0.2, 0.25) is 0 Å². The van der Waals surface area contributed by atoms with Gasteiger partial charge >= 0.3 is 0 Å². The van der Waals surface area contributed by atoms with Gasteiger partial charge in [-0.15, -0.1) is 0 Å². The Morgan fingerprint density at radius 2 is 1.81 bits per heavy atom. The molecule has 1 aliphatic heterocycles. The van der Waals surface area contributed by atoms with Crippen molar-refractivity contribution in [2.75, 3.05) is 6.54 Å². The molecule has 1 fully saturated rings. The van der Waals surface area contributed by atoms with Gasteiger partial charge in [0.15, 0.2) is 0 Å². The van der Waals surface area contributed by atoms with Gasteiger partial charge in [0.05, 0.1) is 6.04 Å². The van der Waals surface area contributed by atoms with Gasteiger partial charge in [0, 0.05) is 12.1 Å². The Kier molecular flexibility index (Phi) is 4.38. The first-order valence-corrected chi connectivity index (χ1v) is 7.67. The molecule has 2 aromatic rings. The molecular formula is C20H21N. The van der Waals surface area contributed by atoms with Crippen molar-refractivity contribution in [1.29, 1.82) is 0 Å². The fourth-order valence-corrected chi connectivity index (χ4v) is 2.80. The summed E-state index contributed by atoms with van der Waals surface area (Å²) in [4.78, 5) is 2.50. The van der Waals surface area contributed by atoms with Crippen LogP contribution in [0, 0.1) is 18.8 Å². The Morgan fingerprint density at radius 3 is 2.57 bits per heavy atom. The van der Waals surface area contributed by atoms with Crippen LogP contribution in [-0.4, -0.2) is 17.5 Å². The highest BCUT2D eigenvalue weighted by Gasteiger charge is 2.22. The Balaban J connectivity index is 1.69. The van der Waals surface area contributed by atoms with Crippen molar-refractivity contribution in [3.05, 3.63) is 71.3 Å². The van der Waals surface area contributed by atoms with Crippen LogP contribution in [-0.2, 0) is 6.54 Å². The summed E-state index contributed by atoms with van der Waals surface area (Å²) in [7, 11) is 0. The lowest BCUT2D eigenvalue weighted by atomic mass is 10.1. The van der Waals surface area contributed by atoms with Crippen molar-refractivity contribution >= 4 is 0 Å². The standard InChI is InChI=1S/C20H21N/c1-17-9-11-18(12-10-17)13-14-20-8-5-15-21(20)16-19-6-3-2-4-7-19/h2-4,6-7,9-12,20H,5,8,15-16H2,1H3. The van der Waals surface area contributed by atoms with Crippen molar-refractivity contribution < 1.29 is 0 Å². The summed E-state index contributed by atoms with van der Waals surface area (Å²) < 4.78 is 0. The van der Waals surface area contributed by atoms with E-state index in [0.29, 0.717) is 6.04 Å². The third-order valence-electron chi connectivity index (χ3n) is 4.03. The number of rotatable bonds is 2. The summed E-state index contributed by atoms with van der Waals surface area (Å²) in [5.74, 6) is 6.80. The minimum Gasteiger partial charge on any atom is -0.285 e. The molecule has 1 heteroatoms. The van der Waals surface area contributed by atoms with Crippen LogP contribution in [0.15, 0.2) is 54.6 Å². The van der Waals surface area contributed by atoms with Crippen LogP contribution in [0.1, 0.15) is 29.5 Å². The predicted molar refractivity (Wildman–Crippen MR) is 87.9 cm³/mol. The van der Waals surface area contributed by atoms with Gasteiger partial charge in [0.25, 0.3) is 0 Å². The average Bonchev–Trinajstić information content (AvgIpc) is 2.95.